The van der Waals surface area contributed by atoms with Gasteiger partial charge >= 0.3 is 6.18 Å². The van der Waals surface area contributed by atoms with E-state index in [-0.39, 0.29) is 43.0 Å². The third kappa shape index (κ3) is 7.18. The average molecular weight is 613 g/mol. The lowest BCUT2D eigenvalue weighted by Crippen LogP contribution is -2.45. The number of halogens is 7. The molecule has 0 unspecified atom stereocenters. The molecule has 1 aliphatic heterocycles. The van der Waals surface area contributed by atoms with Gasteiger partial charge in [-0.1, -0.05) is 0 Å². The van der Waals surface area contributed by atoms with Crippen LogP contribution in [0.4, 0.5) is 13.2 Å². The minimum Gasteiger partial charge on any atom is -0.506 e. The lowest BCUT2D eigenvalue weighted by Gasteiger charge is -2.35. The van der Waals surface area contributed by atoms with Gasteiger partial charge in [-0.25, -0.2) is 0 Å². The summed E-state index contributed by atoms with van der Waals surface area (Å²) >= 11 is 4.03. The van der Waals surface area contributed by atoms with Gasteiger partial charge in [0.25, 0.3) is 0 Å². The van der Waals surface area contributed by atoms with Crippen LogP contribution in [0, 0.1) is 7.14 Å². The van der Waals surface area contributed by atoms with Crippen LogP contribution >= 0.6 is 70.0 Å². The van der Waals surface area contributed by atoms with Gasteiger partial charge in [0.2, 0.25) is 0 Å². The number of hydrogen-bond acceptors (Lipinski definition) is 3. The first-order valence-corrected chi connectivity index (χ1v) is 9.13. The first-order valence-electron chi connectivity index (χ1n) is 6.97. The Morgan fingerprint density at radius 2 is 1.62 bits per heavy atom. The van der Waals surface area contributed by atoms with E-state index in [0.717, 1.165) is 31.7 Å². The Kier molecular flexibility index (Phi) is 11.2. The Balaban J connectivity index is 0.00000264. The van der Waals surface area contributed by atoms with Crippen molar-refractivity contribution in [1.82, 2.24) is 10.2 Å². The second-order valence-corrected chi connectivity index (χ2v) is 7.61. The van der Waals surface area contributed by atoms with Gasteiger partial charge in [0.1, 0.15) is 5.75 Å². The third-order valence-corrected chi connectivity index (χ3v) is 5.36. The minimum absolute atomic E-state index is 0. The smallest absolute Gasteiger partial charge is 0.389 e. The summed E-state index contributed by atoms with van der Waals surface area (Å²) in [6.45, 7) is 3.04. The summed E-state index contributed by atoms with van der Waals surface area (Å²) < 4.78 is 39.3. The van der Waals surface area contributed by atoms with E-state index in [0.29, 0.717) is 7.14 Å². The van der Waals surface area contributed by atoms with Gasteiger partial charge in [-0.15, -0.1) is 24.8 Å². The molecule has 140 valence electrons. The molecule has 0 bridgehead atoms. The van der Waals surface area contributed by atoms with Crippen LogP contribution in [0.3, 0.4) is 0 Å². The molecule has 1 fully saturated rings. The Hall–Kier alpha value is 0.770. The monoisotopic (exact) mass is 612 g/mol. The van der Waals surface area contributed by atoms with Crippen molar-refractivity contribution in [1.29, 1.82) is 0 Å². The Labute approximate surface area is 179 Å². The third-order valence-electron chi connectivity index (χ3n) is 3.72. The summed E-state index contributed by atoms with van der Waals surface area (Å²) in [6.07, 6.45) is -4.90. The van der Waals surface area contributed by atoms with E-state index >= 15 is 0 Å². The fourth-order valence-corrected chi connectivity index (χ4v) is 4.45. The molecule has 1 saturated heterocycles. The topological polar surface area (TPSA) is 35.5 Å². The van der Waals surface area contributed by atoms with Crippen molar-refractivity contribution >= 4 is 70.0 Å². The molecule has 0 radical (unpaired) electrons. The van der Waals surface area contributed by atoms with Crippen LogP contribution in [0.1, 0.15) is 24.4 Å². The highest BCUT2D eigenvalue weighted by molar-refractivity contribution is 14.1. The van der Waals surface area contributed by atoms with Crippen LogP contribution in [0.5, 0.6) is 5.75 Å². The van der Waals surface area contributed by atoms with Gasteiger partial charge in [0, 0.05) is 38.6 Å². The fourth-order valence-electron chi connectivity index (χ4n) is 2.63. The molecule has 24 heavy (non-hydrogen) atoms. The number of rotatable bonds is 4. The molecule has 1 atom stereocenters. The maximum Gasteiger partial charge on any atom is 0.389 e. The number of nitrogens with zero attached hydrogens (tertiary/aromatic N) is 1. The van der Waals surface area contributed by atoms with Crippen molar-refractivity contribution in [3.05, 3.63) is 24.8 Å². The molecular formula is C14H19Cl2F3I2N2O. The fraction of sp³-hybridized carbons (Fsp3) is 0.571. The van der Waals surface area contributed by atoms with Gasteiger partial charge in [0.05, 0.1) is 7.14 Å². The maximum atomic E-state index is 12.6. The maximum absolute atomic E-state index is 12.6. The number of hydrogen-bond donors (Lipinski definition) is 2. The Bertz CT molecular complexity index is 506. The van der Waals surface area contributed by atoms with E-state index < -0.39 is 12.6 Å². The summed E-state index contributed by atoms with van der Waals surface area (Å²) in [7, 11) is 0. The Morgan fingerprint density at radius 1 is 1.12 bits per heavy atom. The van der Waals surface area contributed by atoms with Crippen molar-refractivity contribution in [3.8, 4) is 5.75 Å². The van der Waals surface area contributed by atoms with Gasteiger partial charge in [0.15, 0.2) is 0 Å². The molecule has 0 spiro atoms. The molecule has 2 rings (SSSR count). The predicted molar refractivity (Wildman–Crippen MR) is 111 cm³/mol. The Morgan fingerprint density at radius 3 is 2.08 bits per heavy atom. The standard InChI is InChI=1S/C14H17F3I2N2O.2ClH/c15-14(16,17)2-1-12(21-5-3-20-4-6-21)9-7-10(18)13(22)11(19)8-9;;/h7-8,12,20,22H,1-6H2;2*1H/t12-;;/m1../s1. The van der Waals surface area contributed by atoms with Gasteiger partial charge in [-0.3, -0.25) is 4.90 Å². The molecule has 1 heterocycles. The van der Waals surface area contributed by atoms with Crippen LogP contribution in [0.2, 0.25) is 0 Å². The number of aromatic hydroxyl groups is 1. The highest BCUT2D eigenvalue weighted by atomic mass is 127. The lowest BCUT2D eigenvalue weighted by molar-refractivity contribution is -0.138. The number of benzene rings is 1. The van der Waals surface area contributed by atoms with Gasteiger partial charge in [-0.2, -0.15) is 13.2 Å². The van der Waals surface area contributed by atoms with Crippen molar-refractivity contribution in [3.63, 3.8) is 0 Å². The van der Waals surface area contributed by atoms with Crippen molar-refractivity contribution in [2.75, 3.05) is 26.2 Å². The summed E-state index contributed by atoms with van der Waals surface area (Å²) in [6, 6.07) is 3.31. The summed E-state index contributed by atoms with van der Waals surface area (Å²) in [4.78, 5) is 2.10. The minimum atomic E-state index is -4.15. The van der Waals surface area contributed by atoms with Crippen LogP contribution in [0.15, 0.2) is 12.1 Å². The van der Waals surface area contributed by atoms with Crippen LogP contribution in [-0.4, -0.2) is 42.4 Å². The van der Waals surface area contributed by atoms with Gasteiger partial charge in [-0.05, 0) is 69.3 Å². The van der Waals surface area contributed by atoms with E-state index in [4.69, 9.17) is 0 Å². The number of nitrogens with one attached hydrogen (secondary N) is 1. The molecule has 2 N–H and O–H groups in total. The molecule has 0 amide bonds. The van der Waals surface area contributed by atoms with Crippen LogP contribution < -0.4 is 5.32 Å². The summed E-state index contributed by atoms with van der Waals surface area (Å²) in [5.74, 6) is 0.194. The van der Waals surface area contributed by atoms with E-state index in [1.54, 1.807) is 12.1 Å². The SMILES string of the molecule is Cl.Cl.Oc1c(I)cc([C@@H](CCC(F)(F)F)N2CCNCC2)cc1I. The van der Waals surface area contributed by atoms with E-state index in [2.05, 4.69) is 10.2 Å². The molecule has 0 aliphatic carbocycles. The molecule has 1 aromatic rings. The second-order valence-electron chi connectivity index (χ2n) is 5.29. The largest absolute Gasteiger partial charge is 0.506 e. The normalized spacial score (nSPS) is 16.9. The lowest BCUT2D eigenvalue weighted by atomic mass is 9.99. The van der Waals surface area contributed by atoms with Crippen LogP contribution in [0.25, 0.3) is 0 Å². The molecule has 1 aliphatic rings. The van der Waals surface area contributed by atoms with Gasteiger partial charge < -0.3 is 10.4 Å². The zero-order valence-corrected chi connectivity index (χ0v) is 18.5. The van der Waals surface area contributed by atoms with Crippen molar-refractivity contribution in [2.45, 2.75) is 25.1 Å². The first-order chi connectivity index (χ1) is 10.3. The molecule has 3 nitrogen and oxygen atoms in total. The quantitative estimate of drug-likeness (QED) is 0.483. The summed E-state index contributed by atoms with van der Waals surface area (Å²) in [5.41, 5.74) is 0.845. The van der Waals surface area contributed by atoms with Crippen molar-refractivity contribution < 1.29 is 18.3 Å². The highest BCUT2D eigenvalue weighted by Gasteiger charge is 2.31. The van der Waals surface area contributed by atoms with E-state index in [1.807, 2.05) is 45.2 Å². The highest BCUT2D eigenvalue weighted by Crippen LogP contribution is 2.36. The molecule has 1 aromatic carbocycles. The predicted octanol–water partition coefficient (Wildman–Crippen LogP) is 4.73. The number of phenols is 1. The molecular weight excluding hydrogens is 594 g/mol. The molecule has 0 aromatic heterocycles. The van der Waals surface area contributed by atoms with E-state index in [9.17, 15) is 18.3 Å². The first kappa shape index (κ1) is 24.8. The molecule has 10 heteroatoms. The summed E-state index contributed by atoms with van der Waals surface area (Å²) in [5, 5.41) is 13.1. The number of alkyl halides is 3. The number of phenolic OH excluding ortho intramolecular Hbond substituents is 1. The molecule has 0 saturated carbocycles. The van der Waals surface area contributed by atoms with Crippen LogP contribution in [-0.2, 0) is 0 Å². The second kappa shape index (κ2) is 10.8. The number of piperazine rings is 1. The zero-order chi connectivity index (χ0) is 16.3. The van der Waals surface area contributed by atoms with E-state index in [1.165, 1.54) is 0 Å². The zero-order valence-electron chi connectivity index (χ0n) is 12.6. The van der Waals surface area contributed by atoms with Crippen molar-refractivity contribution in [2.24, 2.45) is 0 Å². The average Bonchev–Trinajstić information content (AvgIpc) is 2.45.